The van der Waals surface area contributed by atoms with Gasteiger partial charge < -0.3 is 15.7 Å². The van der Waals surface area contributed by atoms with Crippen LogP contribution in [0.3, 0.4) is 0 Å². The third-order valence-corrected chi connectivity index (χ3v) is 3.19. The van der Waals surface area contributed by atoms with Gasteiger partial charge in [0, 0.05) is 6.20 Å². The molecule has 110 valence electrons. The van der Waals surface area contributed by atoms with Crippen molar-refractivity contribution in [1.82, 2.24) is 10.3 Å². The summed E-state index contributed by atoms with van der Waals surface area (Å²) in [7, 11) is 0. The number of carbonyl (C=O) groups is 1. The zero-order valence-electron chi connectivity index (χ0n) is 11.3. The molecule has 1 aromatic carbocycles. The minimum absolute atomic E-state index is 0.150. The lowest BCUT2D eigenvalue weighted by atomic mass is 10.1. The van der Waals surface area contributed by atoms with E-state index in [1.165, 1.54) is 6.20 Å². The summed E-state index contributed by atoms with van der Waals surface area (Å²) in [5, 5.41) is 14.9. The number of halogens is 1. The molecule has 0 aliphatic heterocycles. The van der Waals surface area contributed by atoms with Gasteiger partial charge in [0.15, 0.2) is 5.15 Å². The molecule has 21 heavy (non-hydrogen) atoms. The van der Waals surface area contributed by atoms with Crippen molar-refractivity contribution in [3.63, 3.8) is 0 Å². The lowest BCUT2D eigenvalue weighted by Crippen LogP contribution is -2.41. The quantitative estimate of drug-likeness (QED) is 0.743. The highest BCUT2D eigenvalue weighted by molar-refractivity contribution is 6.32. The predicted octanol–water partition coefficient (Wildman–Crippen LogP) is 2.46. The van der Waals surface area contributed by atoms with Gasteiger partial charge in [-0.05, 0) is 24.1 Å². The first kappa shape index (κ1) is 15.3. The number of nitrogens with one attached hydrogen (secondary N) is 2. The molecule has 1 aromatic heterocycles. The second kappa shape index (κ2) is 7.61. The molecule has 3 N–H and O–H groups in total. The number of anilines is 1. The topological polar surface area (TPSA) is 74.2 Å². The van der Waals surface area contributed by atoms with E-state index in [4.69, 9.17) is 11.6 Å². The van der Waals surface area contributed by atoms with Crippen LogP contribution >= 0.6 is 11.6 Å². The van der Waals surface area contributed by atoms with Crippen molar-refractivity contribution in [1.29, 1.82) is 0 Å². The van der Waals surface area contributed by atoms with Gasteiger partial charge in [-0.2, -0.15) is 0 Å². The SMILES string of the molecule is O=C(Nc1cccnc1Cl)NC(CO)Cc1ccccc1. The minimum Gasteiger partial charge on any atom is -0.394 e. The summed E-state index contributed by atoms with van der Waals surface area (Å²) in [4.78, 5) is 15.8. The fourth-order valence-electron chi connectivity index (χ4n) is 1.88. The largest absolute Gasteiger partial charge is 0.394 e. The van der Waals surface area contributed by atoms with Crippen LogP contribution in [0.1, 0.15) is 5.56 Å². The minimum atomic E-state index is -0.431. The number of hydrogen-bond donors (Lipinski definition) is 3. The fraction of sp³-hybridized carbons (Fsp3) is 0.200. The number of rotatable bonds is 5. The molecular formula is C15H16ClN3O2. The number of pyridine rings is 1. The van der Waals surface area contributed by atoms with Crippen molar-refractivity contribution in [2.75, 3.05) is 11.9 Å². The average molecular weight is 306 g/mol. The molecule has 0 radical (unpaired) electrons. The third kappa shape index (κ3) is 4.73. The Hall–Kier alpha value is -2.11. The van der Waals surface area contributed by atoms with E-state index in [0.717, 1.165) is 5.56 Å². The zero-order chi connectivity index (χ0) is 15.1. The van der Waals surface area contributed by atoms with Crippen LogP contribution < -0.4 is 10.6 Å². The lowest BCUT2D eigenvalue weighted by Gasteiger charge is -2.17. The molecule has 0 spiro atoms. The molecule has 2 rings (SSSR count). The van der Waals surface area contributed by atoms with Crippen LogP contribution in [0.4, 0.5) is 10.5 Å². The van der Waals surface area contributed by atoms with E-state index in [1.54, 1.807) is 12.1 Å². The number of aliphatic hydroxyl groups is 1. The lowest BCUT2D eigenvalue weighted by molar-refractivity contribution is 0.224. The van der Waals surface area contributed by atoms with Crippen LogP contribution in [-0.2, 0) is 6.42 Å². The molecule has 6 heteroatoms. The summed E-state index contributed by atoms with van der Waals surface area (Å²) in [5.74, 6) is 0. The molecule has 0 saturated heterocycles. The molecular weight excluding hydrogens is 290 g/mol. The number of carbonyl (C=O) groups excluding carboxylic acids is 1. The monoisotopic (exact) mass is 305 g/mol. The zero-order valence-corrected chi connectivity index (χ0v) is 12.0. The van der Waals surface area contributed by atoms with E-state index < -0.39 is 6.03 Å². The first-order valence-electron chi connectivity index (χ1n) is 6.52. The summed E-state index contributed by atoms with van der Waals surface area (Å²) in [6.45, 7) is -0.150. The standard InChI is InChI=1S/C15H16ClN3O2/c16-14-13(7-4-8-17-14)19-15(21)18-12(10-20)9-11-5-2-1-3-6-11/h1-8,12,20H,9-10H2,(H2,18,19,21). The van der Waals surface area contributed by atoms with Gasteiger partial charge in [-0.25, -0.2) is 9.78 Å². The van der Waals surface area contributed by atoms with Gasteiger partial charge in [0.1, 0.15) is 0 Å². The van der Waals surface area contributed by atoms with Crippen LogP contribution in [-0.4, -0.2) is 28.8 Å². The summed E-state index contributed by atoms with van der Waals surface area (Å²) in [6, 6.07) is 12.2. The average Bonchev–Trinajstić information content (AvgIpc) is 2.50. The number of nitrogens with zero attached hydrogens (tertiary/aromatic N) is 1. The number of aromatic nitrogens is 1. The van der Waals surface area contributed by atoms with Crippen molar-refractivity contribution < 1.29 is 9.90 Å². The third-order valence-electron chi connectivity index (χ3n) is 2.89. The highest BCUT2D eigenvalue weighted by Crippen LogP contribution is 2.17. The van der Waals surface area contributed by atoms with Gasteiger partial charge >= 0.3 is 6.03 Å². The molecule has 0 aliphatic carbocycles. The van der Waals surface area contributed by atoms with Gasteiger partial charge in [-0.3, -0.25) is 0 Å². The molecule has 0 bridgehead atoms. The number of urea groups is 1. The number of aliphatic hydroxyl groups excluding tert-OH is 1. The van der Waals surface area contributed by atoms with Crippen molar-refractivity contribution in [3.8, 4) is 0 Å². The summed E-state index contributed by atoms with van der Waals surface area (Å²) < 4.78 is 0. The molecule has 5 nitrogen and oxygen atoms in total. The van der Waals surface area contributed by atoms with E-state index in [1.807, 2.05) is 30.3 Å². The van der Waals surface area contributed by atoms with Crippen molar-refractivity contribution in [3.05, 3.63) is 59.4 Å². The van der Waals surface area contributed by atoms with Crippen LogP contribution in [0.25, 0.3) is 0 Å². The van der Waals surface area contributed by atoms with E-state index in [-0.39, 0.29) is 17.8 Å². The van der Waals surface area contributed by atoms with Crippen LogP contribution in [0, 0.1) is 0 Å². The Morgan fingerprint density at radius 2 is 2.00 bits per heavy atom. The van der Waals surface area contributed by atoms with Gasteiger partial charge in [0.25, 0.3) is 0 Å². The van der Waals surface area contributed by atoms with Crippen molar-refractivity contribution in [2.45, 2.75) is 12.5 Å². The molecule has 2 aromatic rings. The molecule has 0 aliphatic rings. The smallest absolute Gasteiger partial charge is 0.319 e. The first-order valence-corrected chi connectivity index (χ1v) is 6.89. The fourth-order valence-corrected chi connectivity index (χ4v) is 2.05. The number of benzene rings is 1. The van der Waals surface area contributed by atoms with Gasteiger partial charge in [0.05, 0.1) is 18.3 Å². The maximum absolute atomic E-state index is 11.9. The number of amides is 2. The Morgan fingerprint density at radius 3 is 2.67 bits per heavy atom. The maximum Gasteiger partial charge on any atom is 0.319 e. The van der Waals surface area contributed by atoms with E-state index in [9.17, 15) is 9.90 Å². The van der Waals surface area contributed by atoms with E-state index in [2.05, 4.69) is 15.6 Å². The Balaban J connectivity index is 1.92. The summed E-state index contributed by atoms with van der Waals surface area (Å²) >= 11 is 5.87. The van der Waals surface area contributed by atoms with Crippen LogP contribution in [0.5, 0.6) is 0 Å². The van der Waals surface area contributed by atoms with Crippen LogP contribution in [0.15, 0.2) is 48.7 Å². The molecule has 1 atom stereocenters. The maximum atomic E-state index is 11.9. The molecule has 0 saturated carbocycles. The Bertz CT molecular complexity index is 592. The van der Waals surface area contributed by atoms with Crippen LogP contribution in [0.2, 0.25) is 5.15 Å². The van der Waals surface area contributed by atoms with Gasteiger partial charge in [-0.15, -0.1) is 0 Å². The molecule has 1 heterocycles. The molecule has 1 unspecified atom stereocenters. The highest BCUT2D eigenvalue weighted by Gasteiger charge is 2.13. The Morgan fingerprint density at radius 1 is 1.24 bits per heavy atom. The van der Waals surface area contributed by atoms with E-state index in [0.29, 0.717) is 12.1 Å². The number of hydrogen-bond acceptors (Lipinski definition) is 3. The normalized spacial score (nSPS) is 11.7. The highest BCUT2D eigenvalue weighted by atomic mass is 35.5. The van der Waals surface area contributed by atoms with Crippen molar-refractivity contribution in [2.24, 2.45) is 0 Å². The predicted molar refractivity (Wildman–Crippen MR) is 82.4 cm³/mol. The summed E-state index contributed by atoms with van der Waals surface area (Å²) in [6.07, 6.45) is 2.09. The Labute approximate surface area is 128 Å². The van der Waals surface area contributed by atoms with Gasteiger partial charge in [0.2, 0.25) is 0 Å². The second-order valence-corrected chi connectivity index (χ2v) is 4.87. The molecule has 0 fully saturated rings. The summed E-state index contributed by atoms with van der Waals surface area (Å²) in [5.41, 5.74) is 1.46. The molecule has 2 amide bonds. The van der Waals surface area contributed by atoms with Crippen molar-refractivity contribution >= 4 is 23.3 Å². The van der Waals surface area contributed by atoms with E-state index >= 15 is 0 Å². The second-order valence-electron chi connectivity index (χ2n) is 4.51. The van der Waals surface area contributed by atoms with Gasteiger partial charge in [-0.1, -0.05) is 41.9 Å². The Kier molecular flexibility index (Phi) is 5.54. The first-order chi connectivity index (χ1) is 10.2.